The van der Waals surface area contributed by atoms with Gasteiger partial charge in [-0.15, -0.1) is 12.4 Å². The molecule has 2 rings (SSSR count). The van der Waals surface area contributed by atoms with E-state index in [0.29, 0.717) is 6.61 Å². The number of hydrogen-bond acceptors (Lipinski definition) is 5. The molecule has 1 saturated heterocycles. The van der Waals surface area contributed by atoms with Crippen molar-refractivity contribution in [2.45, 2.75) is 6.42 Å². The molecule has 8 heteroatoms. The molecule has 3 N–H and O–H groups in total. The van der Waals surface area contributed by atoms with Gasteiger partial charge in [0.1, 0.15) is 0 Å². The standard InChI is InChI=1S/C13H20BFN2O3.ClH/c15-12-10-11(14(18)19)2-3-13(12)20-9-1-6-17-7-4-16-5-8-17;/h2-3,10,16,18-19H,1,4-9H2;1H. The second kappa shape index (κ2) is 9.22. The third-order valence-electron chi connectivity index (χ3n) is 3.34. The molecule has 1 aliphatic heterocycles. The summed E-state index contributed by atoms with van der Waals surface area (Å²) in [6.45, 7) is 5.49. The van der Waals surface area contributed by atoms with Crippen LogP contribution in [0.25, 0.3) is 0 Å². The van der Waals surface area contributed by atoms with E-state index in [4.69, 9.17) is 14.8 Å². The summed E-state index contributed by atoms with van der Waals surface area (Å²) in [6.07, 6.45) is 0.837. The Balaban J connectivity index is 0.00000220. The molecule has 0 bridgehead atoms. The van der Waals surface area contributed by atoms with Crippen LogP contribution >= 0.6 is 12.4 Å². The third-order valence-corrected chi connectivity index (χ3v) is 3.34. The number of hydrogen-bond donors (Lipinski definition) is 3. The summed E-state index contributed by atoms with van der Waals surface area (Å²) in [5.74, 6) is -0.424. The summed E-state index contributed by atoms with van der Waals surface area (Å²) < 4.78 is 19.0. The molecule has 1 aromatic rings. The van der Waals surface area contributed by atoms with Crippen molar-refractivity contribution < 1.29 is 19.2 Å². The summed E-state index contributed by atoms with van der Waals surface area (Å²) in [5, 5.41) is 21.2. The van der Waals surface area contributed by atoms with Crippen molar-refractivity contribution in [2.24, 2.45) is 0 Å². The summed E-state index contributed by atoms with van der Waals surface area (Å²) in [6, 6.07) is 3.95. The van der Waals surface area contributed by atoms with Crippen molar-refractivity contribution in [1.29, 1.82) is 0 Å². The van der Waals surface area contributed by atoms with Crippen LogP contribution in [0, 0.1) is 5.82 Å². The molecule has 1 aromatic carbocycles. The summed E-state index contributed by atoms with van der Waals surface area (Å²) in [4.78, 5) is 2.35. The highest BCUT2D eigenvalue weighted by Gasteiger charge is 2.14. The first-order valence-electron chi connectivity index (χ1n) is 6.88. The van der Waals surface area contributed by atoms with Crippen LogP contribution in [0.3, 0.4) is 0 Å². The number of benzene rings is 1. The van der Waals surface area contributed by atoms with Gasteiger partial charge in [0.25, 0.3) is 0 Å². The Morgan fingerprint density at radius 3 is 2.62 bits per heavy atom. The Bertz CT molecular complexity index is 434. The predicted molar refractivity (Wildman–Crippen MR) is 82.9 cm³/mol. The van der Waals surface area contributed by atoms with E-state index in [1.165, 1.54) is 12.1 Å². The fourth-order valence-corrected chi connectivity index (χ4v) is 2.20. The van der Waals surface area contributed by atoms with Crippen molar-refractivity contribution in [3.8, 4) is 5.75 Å². The Labute approximate surface area is 130 Å². The third kappa shape index (κ3) is 5.80. The van der Waals surface area contributed by atoms with Crippen LogP contribution in [0.5, 0.6) is 5.75 Å². The lowest BCUT2D eigenvalue weighted by Gasteiger charge is -2.26. The van der Waals surface area contributed by atoms with Gasteiger partial charge in [0.15, 0.2) is 11.6 Å². The van der Waals surface area contributed by atoms with Crippen LogP contribution in [0.2, 0.25) is 0 Å². The number of nitrogens with one attached hydrogen (secondary N) is 1. The molecule has 0 spiro atoms. The van der Waals surface area contributed by atoms with Crippen LogP contribution < -0.4 is 15.5 Å². The van der Waals surface area contributed by atoms with Crippen molar-refractivity contribution in [3.63, 3.8) is 0 Å². The molecule has 5 nitrogen and oxygen atoms in total. The quantitative estimate of drug-likeness (QED) is 0.492. The minimum atomic E-state index is -1.66. The molecular weight excluding hydrogens is 297 g/mol. The molecule has 0 saturated carbocycles. The first-order valence-corrected chi connectivity index (χ1v) is 6.88. The zero-order chi connectivity index (χ0) is 14.4. The van der Waals surface area contributed by atoms with Gasteiger partial charge in [0.2, 0.25) is 0 Å². The molecule has 1 fully saturated rings. The zero-order valence-corrected chi connectivity index (χ0v) is 12.6. The zero-order valence-electron chi connectivity index (χ0n) is 11.8. The minimum absolute atomic E-state index is 0. The van der Waals surface area contributed by atoms with Crippen LogP contribution in [-0.2, 0) is 0 Å². The van der Waals surface area contributed by atoms with Gasteiger partial charge in [-0.2, -0.15) is 0 Å². The van der Waals surface area contributed by atoms with E-state index in [9.17, 15) is 4.39 Å². The van der Waals surface area contributed by atoms with E-state index in [2.05, 4.69) is 10.2 Å². The van der Waals surface area contributed by atoms with Crippen molar-refractivity contribution in [2.75, 3.05) is 39.3 Å². The van der Waals surface area contributed by atoms with Gasteiger partial charge in [0, 0.05) is 32.7 Å². The van der Waals surface area contributed by atoms with Crippen LogP contribution in [0.4, 0.5) is 4.39 Å². The maximum Gasteiger partial charge on any atom is 0.488 e. The van der Waals surface area contributed by atoms with Crippen LogP contribution in [0.15, 0.2) is 18.2 Å². The molecule has 1 heterocycles. The lowest BCUT2D eigenvalue weighted by molar-refractivity contribution is 0.211. The average molecular weight is 319 g/mol. The molecule has 0 atom stereocenters. The number of halogens is 2. The Hall–Kier alpha value is -0.855. The topological polar surface area (TPSA) is 65.0 Å². The van der Waals surface area contributed by atoms with E-state index in [0.717, 1.165) is 45.2 Å². The predicted octanol–water partition coefficient (Wildman–Crippen LogP) is -0.399. The highest BCUT2D eigenvalue weighted by atomic mass is 35.5. The molecule has 21 heavy (non-hydrogen) atoms. The number of rotatable bonds is 6. The number of ether oxygens (including phenoxy) is 1. The molecule has 0 unspecified atom stereocenters. The fraction of sp³-hybridized carbons (Fsp3) is 0.538. The van der Waals surface area contributed by atoms with Gasteiger partial charge < -0.3 is 25.0 Å². The molecule has 0 amide bonds. The van der Waals surface area contributed by atoms with Crippen LogP contribution in [-0.4, -0.2) is 61.4 Å². The van der Waals surface area contributed by atoms with Crippen LogP contribution in [0.1, 0.15) is 6.42 Å². The van der Waals surface area contributed by atoms with E-state index in [1.807, 2.05) is 0 Å². The maximum atomic E-state index is 13.6. The van der Waals surface area contributed by atoms with Gasteiger partial charge in [-0.1, -0.05) is 6.07 Å². The average Bonchev–Trinajstić information content (AvgIpc) is 2.46. The van der Waals surface area contributed by atoms with E-state index < -0.39 is 12.9 Å². The Morgan fingerprint density at radius 2 is 2.00 bits per heavy atom. The normalized spacial score (nSPS) is 15.4. The van der Waals surface area contributed by atoms with Crippen molar-refractivity contribution >= 4 is 25.0 Å². The van der Waals surface area contributed by atoms with E-state index >= 15 is 0 Å². The maximum absolute atomic E-state index is 13.6. The van der Waals surface area contributed by atoms with Crippen molar-refractivity contribution in [3.05, 3.63) is 24.0 Å². The highest BCUT2D eigenvalue weighted by molar-refractivity contribution is 6.58. The molecule has 0 radical (unpaired) electrons. The first kappa shape index (κ1) is 18.2. The summed E-state index contributed by atoms with van der Waals surface area (Å²) in [7, 11) is -1.66. The van der Waals surface area contributed by atoms with E-state index in [-0.39, 0.29) is 23.6 Å². The van der Waals surface area contributed by atoms with Crippen molar-refractivity contribution in [1.82, 2.24) is 10.2 Å². The smallest absolute Gasteiger partial charge is 0.488 e. The van der Waals surface area contributed by atoms with Gasteiger partial charge in [-0.25, -0.2) is 4.39 Å². The van der Waals surface area contributed by atoms with Gasteiger partial charge >= 0.3 is 7.12 Å². The van der Waals surface area contributed by atoms with E-state index in [1.54, 1.807) is 0 Å². The molecule has 118 valence electrons. The second-order valence-corrected chi connectivity index (χ2v) is 4.86. The molecule has 0 aliphatic carbocycles. The van der Waals surface area contributed by atoms with Gasteiger partial charge in [-0.05, 0) is 24.0 Å². The number of nitrogens with zero attached hydrogens (tertiary/aromatic N) is 1. The summed E-state index contributed by atoms with van der Waals surface area (Å²) in [5.41, 5.74) is 0.121. The highest BCUT2D eigenvalue weighted by Crippen LogP contribution is 2.15. The first-order chi connectivity index (χ1) is 9.66. The Kier molecular flexibility index (Phi) is 7.99. The molecular formula is C13H21BClFN2O3. The number of piperazine rings is 1. The minimum Gasteiger partial charge on any atom is -0.490 e. The lowest BCUT2D eigenvalue weighted by Crippen LogP contribution is -2.44. The molecule has 1 aliphatic rings. The fourth-order valence-electron chi connectivity index (χ4n) is 2.20. The summed E-state index contributed by atoms with van der Waals surface area (Å²) >= 11 is 0. The van der Waals surface area contributed by atoms with Gasteiger partial charge in [-0.3, -0.25) is 0 Å². The Morgan fingerprint density at radius 1 is 1.29 bits per heavy atom. The second-order valence-electron chi connectivity index (χ2n) is 4.86. The lowest BCUT2D eigenvalue weighted by atomic mass is 9.80. The molecule has 0 aromatic heterocycles. The van der Waals surface area contributed by atoms with Gasteiger partial charge in [0.05, 0.1) is 6.61 Å². The monoisotopic (exact) mass is 318 g/mol. The largest absolute Gasteiger partial charge is 0.490 e. The SMILES string of the molecule is Cl.OB(O)c1ccc(OCCCN2CCNCC2)c(F)c1.